The quantitative estimate of drug-likeness (QED) is 0.877. The summed E-state index contributed by atoms with van der Waals surface area (Å²) in [6.45, 7) is 4.04. The Morgan fingerprint density at radius 1 is 1.33 bits per heavy atom. The van der Waals surface area contributed by atoms with E-state index in [1.165, 1.54) is 0 Å². The van der Waals surface area contributed by atoms with Gasteiger partial charge in [0.2, 0.25) is 5.89 Å². The van der Waals surface area contributed by atoms with Gasteiger partial charge in [0, 0.05) is 6.54 Å². The molecule has 0 amide bonds. The first-order valence-corrected chi connectivity index (χ1v) is 6.43. The van der Waals surface area contributed by atoms with Crippen molar-refractivity contribution in [2.45, 2.75) is 13.5 Å². The van der Waals surface area contributed by atoms with Crippen molar-refractivity contribution in [3.8, 4) is 11.7 Å². The topological polar surface area (TPSA) is 75.5 Å². The highest BCUT2D eigenvalue weighted by molar-refractivity contribution is 9.10. The molecule has 0 saturated heterocycles. The van der Waals surface area contributed by atoms with Crippen molar-refractivity contribution in [2.75, 3.05) is 19.7 Å². The molecule has 2 heterocycles. The summed E-state index contributed by atoms with van der Waals surface area (Å²) in [7, 11) is 0. The molecule has 98 valence electrons. The summed E-state index contributed by atoms with van der Waals surface area (Å²) in [5.41, 5.74) is 0. The maximum absolute atomic E-state index is 8.90. The van der Waals surface area contributed by atoms with Crippen LogP contribution >= 0.6 is 15.9 Å². The van der Waals surface area contributed by atoms with E-state index in [-0.39, 0.29) is 6.61 Å². The van der Waals surface area contributed by atoms with Crippen molar-refractivity contribution in [1.29, 1.82) is 0 Å². The molecule has 0 aliphatic carbocycles. The molecule has 0 aromatic carbocycles. The van der Waals surface area contributed by atoms with Gasteiger partial charge in [-0.05, 0) is 34.6 Å². The normalized spacial score (nSPS) is 11.3. The summed E-state index contributed by atoms with van der Waals surface area (Å²) < 4.78 is 11.4. The van der Waals surface area contributed by atoms with Gasteiger partial charge >= 0.3 is 0 Å². The van der Waals surface area contributed by atoms with Crippen LogP contribution < -0.4 is 0 Å². The van der Waals surface area contributed by atoms with Gasteiger partial charge in [-0.15, -0.1) is 10.2 Å². The van der Waals surface area contributed by atoms with Crippen LogP contribution in [0.2, 0.25) is 0 Å². The first-order valence-electron chi connectivity index (χ1n) is 5.64. The molecule has 0 spiro atoms. The molecule has 0 saturated carbocycles. The van der Waals surface area contributed by atoms with Crippen molar-refractivity contribution < 1.29 is 13.9 Å². The minimum atomic E-state index is 0.111. The Bertz CT molecular complexity index is 497. The molecule has 0 aliphatic rings. The average molecular weight is 316 g/mol. The van der Waals surface area contributed by atoms with Gasteiger partial charge in [-0.3, -0.25) is 4.90 Å². The minimum absolute atomic E-state index is 0.111. The lowest BCUT2D eigenvalue weighted by Gasteiger charge is -2.15. The van der Waals surface area contributed by atoms with Gasteiger partial charge in [0.1, 0.15) is 0 Å². The van der Waals surface area contributed by atoms with E-state index < -0.39 is 0 Å². The van der Waals surface area contributed by atoms with Gasteiger partial charge in [-0.2, -0.15) is 0 Å². The zero-order valence-corrected chi connectivity index (χ0v) is 11.6. The van der Waals surface area contributed by atoms with Gasteiger partial charge in [0.05, 0.1) is 13.2 Å². The van der Waals surface area contributed by atoms with Crippen molar-refractivity contribution in [3.05, 3.63) is 22.7 Å². The van der Waals surface area contributed by atoms with Gasteiger partial charge in [-0.1, -0.05) is 6.92 Å². The molecule has 2 aromatic rings. The molecule has 2 aromatic heterocycles. The molecule has 0 unspecified atom stereocenters. The number of halogens is 1. The molecule has 0 fully saturated rings. The number of likely N-dealkylation sites (N-methyl/N-ethyl adjacent to an activating group) is 1. The lowest BCUT2D eigenvalue weighted by Crippen LogP contribution is -2.26. The number of nitrogens with zero attached hydrogens (tertiary/aromatic N) is 3. The Morgan fingerprint density at radius 3 is 2.78 bits per heavy atom. The largest absolute Gasteiger partial charge is 0.444 e. The van der Waals surface area contributed by atoms with Gasteiger partial charge in [0.15, 0.2) is 10.4 Å². The zero-order valence-electron chi connectivity index (χ0n) is 9.97. The third kappa shape index (κ3) is 3.18. The third-order valence-corrected chi connectivity index (χ3v) is 2.90. The van der Waals surface area contributed by atoms with E-state index in [4.69, 9.17) is 13.9 Å². The minimum Gasteiger partial charge on any atom is -0.444 e. The standard InChI is InChI=1S/C11H14BrN3O3/c1-2-15(5-6-16)7-10-13-14-11(18-10)8-3-4-9(12)17-8/h3-4,16H,2,5-7H2,1H3. The fraction of sp³-hybridized carbons (Fsp3) is 0.455. The molecule has 2 rings (SSSR count). The van der Waals surface area contributed by atoms with Gasteiger partial charge in [0.25, 0.3) is 5.89 Å². The number of furan rings is 1. The van der Waals surface area contributed by atoms with Crippen LogP contribution in [0.4, 0.5) is 0 Å². The Kier molecular flexibility index (Phi) is 4.51. The molecule has 1 N–H and O–H groups in total. The Morgan fingerprint density at radius 2 is 2.17 bits per heavy atom. The second-order valence-corrected chi connectivity index (χ2v) is 4.48. The highest BCUT2D eigenvalue weighted by Gasteiger charge is 2.14. The van der Waals surface area contributed by atoms with E-state index in [2.05, 4.69) is 26.1 Å². The summed E-state index contributed by atoms with van der Waals surface area (Å²) in [6, 6.07) is 3.52. The van der Waals surface area contributed by atoms with Gasteiger partial charge < -0.3 is 13.9 Å². The van der Waals surface area contributed by atoms with Crippen molar-refractivity contribution in [1.82, 2.24) is 15.1 Å². The van der Waals surface area contributed by atoms with Crippen LogP contribution in [0.3, 0.4) is 0 Å². The highest BCUT2D eigenvalue weighted by atomic mass is 79.9. The van der Waals surface area contributed by atoms with Crippen molar-refractivity contribution in [2.24, 2.45) is 0 Å². The van der Waals surface area contributed by atoms with Crippen LogP contribution in [-0.2, 0) is 6.54 Å². The number of rotatable bonds is 6. The summed E-state index contributed by atoms with van der Waals surface area (Å²) in [5.74, 6) is 1.40. The molecule has 0 atom stereocenters. The van der Waals surface area contributed by atoms with Crippen LogP contribution in [0, 0.1) is 0 Å². The van der Waals surface area contributed by atoms with Crippen LogP contribution in [0.1, 0.15) is 12.8 Å². The second-order valence-electron chi connectivity index (χ2n) is 3.70. The van der Waals surface area contributed by atoms with E-state index >= 15 is 0 Å². The lowest BCUT2D eigenvalue weighted by atomic mass is 10.4. The van der Waals surface area contributed by atoms with E-state index in [1.807, 2.05) is 11.8 Å². The summed E-state index contributed by atoms with van der Waals surface area (Å²) in [4.78, 5) is 2.01. The monoisotopic (exact) mass is 315 g/mol. The summed E-state index contributed by atoms with van der Waals surface area (Å²) in [5, 5.41) is 16.8. The number of hydrogen-bond acceptors (Lipinski definition) is 6. The number of aliphatic hydroxyl groups excluding tert-OH is 1. The molecule has 0 aliphatic heterocycles. The first kappa shape index (κ1) is 13.3. The first-order chi connectivity index (χ1) is 8.72. The molecule has 7 heteroatoms. The predicted molar refractivity (Wildman–Crippen MR) is 67.7 cm³/mol. The molecular weight excluding hydrogens is 302 g/mol. The summed E-state index contributed by atoms with van der Waals surface area (Å²) >= 11 is 3.22. The van der Waals surface area contributed by atoms with Gasteiger partial charge in [-0.25, -0.2) is 0 Å². The lowest BCUT2D eigenvalue weighted by molar-refractivity contribution is 0.185. The fourth-order valence-electron chi connectivity index (χ4n) is 1.53. The smallest absolute Gasteiger partial charge is 0.283 e. The van der Waals surface area contributed by atoms with Crippen LogP contribution in [0.15, 0.2) is 25.6 Å². The van der Waals surface area contributed by atoms with E-state index in [0.717, 1.165) is 6.54 Å². The third-order valence-electron chi connectivity index (χ3n) is 2.47. The average Bonchev–Trinajstić information content (AvgIpc) is 2.97. The zero-order chi connectivity index (χ0) is 13.0. The molecule has 0 bridgehead atoms. The van der Waals surface area contributed by atoms with E-state index in [1.54, 1.807) is 12.1 Å². The Balaban J connectivity index is 2.06. The van der Waals surface area contributed by atoms with E-state index in [0.29, 0.717) is 35.3 Å². The fourth-order valence-corrected chi connectivity index (χ4v) is 1.83. The molecule has 0 radical (unpaired) electrons. The number of hydrogen-bond donors (Lipinski definition) is 1. The van der Waals surface area contributed by atoms with Crippen LogP contribution in [-0.4, -0.2) is 39.9 Å². The van der Waals surface area contributed by atoms with Crippen molar-refractivity contribution >= 4 is 15.9 Å². The highest BCUT2D eigenvalue weighted by Crippen LogP contribution is 2.23. The molecule has 18 heavy (non-hydrogen) atoms. The van der Waals surface area contributed by atoms with Crippen molar-refractivity contribution in [3.63, 3.8) is 0 Å². The van der Waals surface area contributed by atoms with Crippen LogP contribution in [0.5, 0.6) is 0 Å². The van der Waals surface area contributed by atoms with E-state index in [9.17, 15) is 0 Å². The maximum atomic E-state index is 8.90. The number of aromatic nitrogens is 2. The maximum Gasteiger partial charge on any atom is 0.283 e. The summed E-state index contributed by atoms with van der Waals surface area (Å²) in [6.07, 6.45) is 0. The number of aliphatic hydroxyl groups is 1. The Hall–Kier alpha value is -1.18. The molecule has 6 nitrogen and oxygen atoms in total. The second kappa shape index (κ2) is 6.12. The Labute approximate surface area is 113 Å². The molecular formula is C11H14BrN3O3. The predicted octanol–water partition coefficient (Wildman–Crippen LogP) is 1.91. The van der Waals surface area contributed by atoms with Crippen LogP contribution in [0.25, 0.3) is 11.7 Å². The SMILES string of the molecule is CCN(CCO)Cc1nnc(-c2ccc(Br)o2)o1.